The molecule has 0 aromatic carbocycles. The van der Waals surface area contributed by atoms with Crippen LogP contribution in [0.1, 0.15) is 60.3 Å². The molecule has 0 bridgehead atoms. The van der Waals surface area contributed by atoms with E-state index in [1.807, 2.05) is 34.6 Å². The Bertz CT molecular complexity index is 351. The van der Waals surface area contributed by atoms with Crippen molar-refractivity contribution in [3.05, 3.63) is 0 Å². The SMILES string of the molecule is CC.CC.CO[C@@H]1CCCC2(OP(=O)([O-])OC)C[C@H](C)OC12. The van der Waals surface area contributed by atoms with Crippen LogP contribution in [0, 0.1) is 0 Å². The first-order valence-electron chi connectivity index (χ1n) is 8.18. The Hall–Kier alpha value is 0.0300. The minimum atomic E-state index is -4.27. The molecule has 1 aliphatic heterocycles. The highest BCUT2D eigenvalue weighted by Crippen LogP contribution is 2.53. The summed E-state index contributed by atoms with van der Waals surface area (Å²) in [4.78, 5) is 11.6. The molecule has 1 saturated carbocycles. The molecule has 1 heterocycles. The van der Waals surface area contributed by atoms with Crippen LogP contribution in [0.2, 0.25) is 0 Å². The molecule has 0 aromatic rings. The second-order valence-electron chi connectivity index (χ2n) is 5.02. The molecule has 2 aliphatic rings. The van der Waals surface area contributed by atoms with Crippen LogP contribution >= 0.6 is 7.82 Å². The van der Waals surface area contributed by atoms with Gasteiger partial charge in [-0.05, 0) is 26.2 Å². The van der Waals surface area contributed by atoms with Crippen molar-refractivity contribution in [2.24, 2.45) is 0 Å². The van der Waals surface area contributed by atoms with E-state index in [4.69, 9.17) is 14.0 Å². The van der Waals surface area contributed by atoms with E-state index < -0.39 is 13.4 Å². The second-order valence-corrected chi connectivity index (χ2v) is 6.47. The standard InChI is InChI=1S/C11H21O6P.2C2H6/c1-8-7-11(17-18(12,13)15-3)6-4-5-9(14-2)10(11)16-8;2*1-2/h8-10H,4-7H2,1-3H3,(H,12,13);2*1-2H3/p-1/t8-,9+,10?,11?;;/m0../s1. The van der Waals surface area contributed by atoms with Gasteiger partial charge in [0.1, 0.15) is 11.7 Å². The van der Waals surface area contributed by atoms with E-state index in [9.17, 15) is 9.46 Å². The molecule has 22 heavy (non-hydrogen) atoms. The Morgan fingerprint density at radius 1 is 1.23 bits per heavy atom. The molecule has 134 valence electrons. The smallest absolute Gasteiger partial charge is 0.268 e. The lowest BCUT2D eigenvalue weighted by Crippen LogP contribution is -2.51. The van der Waals surface area contributed by atoms with E-state index in [1.54, 1.807) is 7.11 Å². The summed E-state index contributed by atoms with van der Waals surface area (Å²) in [5, 5.41) is 0. The average Bonchev–Trinajstić information content (AvgIpc) is 2.86. The largest absolute Gasteiger partial charge is 0.756 e. The average molecular weight is 339 g/mol. The van der Waals surface area contributed by atoms with E-state index in [-0.39, 0.29) is 18.3 Å². The summed E-state index contributed by atoms with van der Waals surface area (Å²) < 4.78 is 32.5. The van der Waals surface area contributed by atoms with E-state index >= 15 is 0 Å². The molecule has 0 radical (unpaired) electrons. The van der Waals surface area contributed by atoms with Crippen LogP contribution in [-0.2, 0) is 23.1 Å². The highest BCUT2D eigenvalue weighted by Gasteiger charge is 2.55. The molecule has 2 rings (SSSR count). The van der Waals surface area contributed by atoms with E-state index in [1.165, 1.54) is 0 Å². The summed E-state index contributed by atoms with van der Waals surface area (Å²) in [6.07, 6.45) is 2.40. The first kappa shape index (κ1) is 22.0. The Labute approximate surface area is 135 Å². The van der Waals surface area contributed by atoms with Gasteiger partial charge in [-0.3, -0.25) is 4.57 Å². The van der Waals surface area contributed by atoms with Crippen molar-refractivity contribution in [3.63, 3.8) is 0 Å². The number of ether oxygens (including phenoxy) is 2. The first-order valence-corrected chi connectivity index (χ1v) is 9.64. The second kappa shape index (κ2) is 10.0. The lowest BCUT2D eigenvalue weighted by atomic mass is 9.79. The van der Waals surface area contributed by atoms with Crippen LogP contribution in [0.25, 0.3) is 0 Å². The number of rotatable bonds is 4. The Morgan fingerprint density at radius 3 is 2.32 bits per heavy atom. The fraction of sp³-hybridized carbons (Fsp3) is 1.00. The fourth-order valence-corrected chi connectivity index (χ4v) is 3.88. The Kier molecular flexibility index (Phi) is 10.0. The van der Waals surface area contributed by atoms with Gasteiger partial charge in [-0.1, -0.05) is 27.7 Å². The zero-order valence-electron chi connectivity index (χ0n) is 15.0. The normalized spacial score (nSPS) is 36.1. The van der Waals surface area contributed by atoms with Crippen molar-refractivity contribution < 1.29 is 28.0 Å². The van der Waals surface area contributed by atoms with Gasteiger partial charge < -0.3 is 23.4 Å². The fourth-order valence-electron chi connectivity index (χ4n) is 3.09. The summed E-state index contributed by atoms with van der Waals surface area (Å²) in [5.74, 6) is 0. The van der Waals surface area contributed by atoms with Crippen molar-refractivity contribution in [2.75, 3.05) is 14.2 Å². The minimum absolute atomic E-state index is 0.0393. The van der Waals surface area contributed by atoms with Gasteiger partial charge >= 0.3 is 0 Å². The first-order chi connectivity index (χ1) is 10.4. The van der Waals surface area contributed by atoms with Crippen molar-refractivity contribution >= 4 is 7.82 Å². The minimum Gasteiger partial charge on any atom is -0.756 e. The zero-order chi connectivity index (χ0) is 17.4. The van der Waals surface area contributed by atoms with Crippen LogP contribution in [0.15, 0.2) is 0 Å². The third-order valence-corrected chi connectivity index (χ3v) is 4.81. The summed E-state index contributed by atoms with van der Waals surface area (Å²) in [7, 11) is -1.55. The van der Waals surface area contributed by atoms with Gasteiger partial charge in [0, 0.05) is 20.6 Å². The molecular weight excluding hydrogens is 307 g/mol. The van der Waals surface area contributed by atoms with Crippen molar-refractivity contribution in [1.29, 1.82) is 0 Å². The van der Waals surface area contributed by atoms with E-state index in [2.05, 4.69) is 4.52 Å². The highest BCUT2D eigenvalue weighted by atomic mass is 31.2. The van der Waals surface area contributed by atoms with Crippen molar-refractivity contribution in [2.45, 2.75) is 84.2 Å². The molecule has 3 unspecified atom stereocenters. The third-order valence-electron chi connectivity index (χ3n) is 3.78. The van der Waals surface area contributed by atoms with Crippen molar-refractivity contribution in [1.82, 2.24) is 0 Å². The molecule has 7 heteroatoms. The van der Waals surface area contributed by atoms with Gasteiger partial charge in [0.05, 0.1) is 12.2 Å². The number of phosphoric acid groups is 1. The maximum absolute atomic E-state index is 11.6. The summed E-state index contributed by atoms with van der Waals surface area (Å²) >= 11 is 0. The summed E-state index contributed by atoms with van der Waals surface area (Å²) in [5.41, 5.74) is -0.828. The van der Waals surface area contributed by atoms with Gasteiger partial charge in [-0.2, -0.15) is 0 Å². The molecule has 1 aliphatic carbocycles. The van der Waals surface area contributed by atoms with Crippen LogP contribution < -0.4 is 4.89 Å². The Morgan fingerprint density at radius 2 is 1.82 bits per heavy atom. The van der Waals surface area contributed by atoms with Crippen LogP contribution in [0.3, 0.4) is 0 Å². The van der Waals surface area contributed by atoms with Crippen LogP contribution in [-0.4, -0.2) is 38.1 Å². The number of hydrogen-bond acceptors (Lipinski definition) is 6. The number of phosphoric ester groups is 1. The molecular formula is C15H32O6P-. The molecule has 2 fully saturated rings. The number of fused-ring (bicyclic) bond motifs is 1. The monoisotopic (exact) mass is 339 g/mol. The number of hydrogen-bond donors (Lipinski definition) is 0. The maximum Gasteiger partial charge on any atom is 0.268 e. The van der Waals surface area contributed by atoms with Gasteiger partial charge in [0.15, 0.2) is 0 Å². The lowest BCUT2D eigenvalue weighted by molar-refractivity contribution is -0.243. The van der Waals surface area contributed by atoms with Crippen molar-refractivity contribution in [3.8, 4) is 0 Å². The van der Waals surface area contributed by atoms with Gasteiger partial charge in [-0.25, -0.2) is 0 Å². The quantitative estimate of drug-likeness (QED) is 0.732. The van der Waals surface area contributed by atoms with Gasteiger partial charge in [0.2, 0.25) is 0 Å². The Balaban J connectivity index is 0.00000102. The zero-order valence-corrected chi connectivity index (χ0v) is 15.9. The lowest BCUT2D eigenvalue weighted by Gasteiger charge is -2.43. The predicted octanol–water partition coefficient (Wildman–Crippen LogP) is 3.29. The molecule has 6 nitrogen and oxygen atoms in total. The number of methoxy groups -OCH3 is 1. The van der Waals surface area contributed by atoms with Gasteiger partial charge in [0.25, 0.3) is 7.82 Å². The predicted molar refractivity (Wildman–Crippen MR) is 84.7 cm³/mol. The third kappa shape index (κ3) is 5.29. The molecule has 1 saturated heterocycles. The van der Waals surface area contributed by atoms with E-state index in [0.29, 0.717) is 12.8 Å². The van der Waals surface area contributed by atoms with Crippen LogP contribution in [0.4, 0.5) is 0 Å². The van der Waals surface area contributed by atoms with Crippen LogP contribution in [0.5, 0.6) is 0 Å². The maximum atomic E-state index is 11.6. The topological polar surface area (TPSA) is 77.1 Å². The highest BCUT2D eigenvalue weighted by molar-refractivity contribution is 7.45. The summed E-state index contributed by atoms with van der Waals surface area (Å²) in [6, 6.07) is 0. The van der Waals surface area contributed by atoms with E-state index in [0.717, 1.165) is 20.0 Å². The molecule has 0 aromatic heterocycles. The molecule has 5 atom stereocenters. The molecule has 0 amide bonds. The van der Waals surface area contributed by atoms with Gasteiger partial charge in [-0.15, -0.1) is 0 Å². The molecule has 0 N–H and O–H groups in total. The molecule has 0 spiro atoms. The summed E-state index contributed by atoms with van der Waals surface area (Å²) in [6.45, 7) is 9.92.